The highest BCUT2D eigenvalue weighted by Crippen LogP contribution is 2.37. The van der Waals surface area contributed by atoms with Crippen molar-refractivity contribution in [2.45, 2.75) is 65.3 Å². The predicted octanol–water partition coefficient (Wildman–Crippen LogP) is 4.23. The second-order valence-corrected chi connectivity index (χ2v) is 6.73. The molecule has 4 rings (SSSR count). The summed E-state index contributed by atoms with van der Waals surface area (Å²) in [5.41, 5.74) is 2.76. The molecular weight excluding hydrogens is 288 g/mol. The Bertz CT molecular complexity index is 713. The van der Waals surface area contributed by atoms with E-state index in [1.165, 1.54) is 25.7 Å². The number of rotatable bonds is 4. The van der Waals surface area contributed by atoms with Gasteiger partial charge in [0, 0.05) is 18.2 Å². The van der Waals surface area contributed by atoms with E-state index in [-0.39, 0.29) is 13.3 Å². The zero-order valence-electron chi connectivity index (χ0n) is 13.0. The number of imidazole rings is 1. The number of aromatic nitrogens is 3. The third-order valence-corrected chi connectivity index (χ3v) is 5.07. The Morgan fingerprint density at radius 1 is 1.22 bits per heavy atom. The van der Waals surface area contributed by atoms with Crippen LogP contribution in [0.1, 0.15) is 64.1 Å². The summed E-state index contributed by atoms with van der Waals surface area (Å²) >= 11 is 0. The first kappa shape index (κ1) is 16.0. The van der Waals surface area contributed by atoms with Gasteiger partial charge in [-0.25, -0.2) is 9.97 Å². The Hall–Kier alpha value is -1.91. The molecule has 2 heterocycles. The van der Waals surface area contributed by atoms with Crippen LogP contribution in [-0.4, -0.2) is 20.4 Å². The zero-order valence-corrected chi connectivity index (χ0v) is 13.0. The van der Waals surface area contributed by atoms with Crippen molar-refractivity contribution in [1.29, 1.82) is 0 Å². The van der Waals surface area contributed by atoms with Gasteiger partial charge in [0.1, 0.15) is 5.52 Å². The molecule has 0 unspecified atom stereocenters. The second-order valence-electron chi connectivity index (χ2n) is 6.73. The molecule has 2 aromatic rings. The Morgan fingerprint density at radius 3 is 2.57 bits per heavy atom. The van der Waals surface area contributed by atoms with Crippen molar-refractivity contribution in [1.82, 2.24) is 14.5 Å². The Kier molecular flexibility index (Phi) is 4.37. The third-order valence-electron chi connectivity index (χ3n) is 5.07. The molecule has 0 radical (unpaired) electrons. The van der Waals surface area contributed by atoms with Gasteiger partial charge in [-0.1, -0.05) is 13.8 Å². The summed E-state index contributed by atoms with van der Waals surface area (Å²) in [7, 11) is 0. The minimum atomic E-state index is 0. The highest BCUT2D eigenvalue weighted by molar-refractivity contribution is 5.91. The van der Waals surface area contributed by atoms with E-state index >= 15 is 0 Å². The van der Waals surface area contributed by atoms with Crippen LogP contribution in [0.25, 0.3) is 11.2 Å². The maximum Gasteiger partial charge on any atom is 0.226 e. The van der Waals surface area contributed by atoms with Crippen LogP contribution in [0.15, 0.2) is 12.1 Å². The first-order valence-corrected chi connectivity index (χ1v) is 8.36. The molecule has 2 fully saturated rings. The van der Waals surface area contributed by atoms with Crippen molar-refractivity contribution in [3.8, 4) is 0 Å². The van der Waals surface area contributed by atoms with E-state index in [2.05, 4.69) is 19.9 Å². The molecule has 2 aromatic heterocycles. The molecule has 2 aliphatic rings. The maximum atomic E-state index is 12.3. The molecule has 23 heavy (non-hydrogen) atoms. The minimum absolute atomic E-state index is 0. The molecule has 5 heteroatoms. The number of nitrogens with one attached hydrogen (secondary N) is 1. The average Bonchev–Trinajstić information content (AvgIpc) is 2.71. The summed E-state index contributed by atoms with van der Waals surface area (Å²) < 4.78 is 2.14. The predicted molar refractivity (Wildman–Crippen MR) is 92.5 cm³/mol. The summed E-state index contributed by atoms with van der Waals surface area (Å²) in [6.45, 7) is 1.99. The van der Waals surface area contributed by atoms with Gasteiger partial charge >= 0.3 is 0 Å². The summed E-state index contributed by atoms with van der Waals surface area (Å²) in [5, 5.41) is 3.04. The number of fused-ring (bicyclic) bond motifs is 1. The molecule has 124 valence electrons. The van der Waals surface area contributed by atoms with Crippen molar-refractivity contribution in [2.24, 2.45) is 5.92 Å². The smallest absolute Gasteiger partial charge is 0.226 e. The van der Waals surface area contributed by atoms with Gasteiger partial charge in [-0.2, -0.15) is 0 Å². The first-order chi connectivity index (χ1) is 10.7. The minimum Gasteiger partial charge on any atom is -0.296 e. The molecule has 0 bridgehead atoms. The van der Waals surface area contributed by atoms with E-state index in [0.717, 1.165) is 29.7 Å². The fraction of sp³-hybridized carbons (Fsp3) is 0.611. The molecule has 1 N–H and O–H groups in total. The molecule has 2 saturated carbocycles. The SMILES string of the molecule is C.Cc1ccc2nc(NC(=O)CC3CCC3)n(C3CCC3)c2n1. The van der Waals surface area contributed by atoms with Gasteiger partial charge in [0.25, 0.3) is 0 Å². The lowest BCUT2D eigenvalue weighted by Crippen LogP contribution is -2.25. The van der Waals surface area contributed by atoms with Gasteiger partial charge in [0.05, 0.1) is 0 Å². The lowest BCUT2D eigenvalue weighted by Gasteiger charge is -2.29. The van der Waals surface area contributed by atoms with Crippen LogP contribution in [0, 0.1) is 12.8 Å². The number of nitrogens with zero attached hydrogens (tertiary/aromatic N) is 3. The lowest BCUT2D eigenvalue weighted by molar-refractivity contribution is -0.117. The average molecular weight is 314 g/mol. The summed E-state index contributed by atoms with van der Waals surface area (Å²) in [6.07, 6.45) is 7.80. The molecule has 1 amide bonds. The van der Waals surface area contributed by atoms with Gasteiger partial charge < -0.3 is 0 Å². The number of anilines is 1. The fourth-order valence-corrected chi connectivity index (χ4v) is 3.28. The van der Waals surface area contributed by atoms with Crippen LogP contribution in [0.4, 0.5) is 5.95 Å². The highest BCUT2D eigenvalue weighted by Gasteiger charge is 2.27. The van der Waals surface area contributed by atoms with Crippen molar-refractivity contribution in [3.63, 3.8) is 0 Å². The summed E-state index contributed by atoms with van der Waals surface area (Å²) in [4.78, 5) is 21.5. The van der Waals surface area contributed by atoms with Gasteiger partial charge in [-0.3, -0.25) is 14.7 Å². The Labute approximate surface area is 137 Å². The highest BCUT2D eigenvalue weighted by atomic mass is 16.1. The number of carbonyl (C=O) groups is 1. The molecule has 0 saturated heterocycles. The Balaban J connectivity index is 0.00000156. The number of hydrogen-bond acceptors (Lipinski definition) is 3. The molecule has 5 nitrogen and oxygen atoms in total. The largest absolute Gasteiger partial charge is 0.296 e. The number of hydrogen-bond donors (Lipinski definition) is 1. The van der Waals surface area contributed by atoms with Crippen LogP contribution in [0.2, 0.25) is 0 Å². The number of aryl methyl sites for hydroxylation is 1. The van der Waals surface area contributed by atoms with Crippen LogP contribution in [0.5, 0.6) is 0 Å². The first-order valence-electron chi connectivity index (χ1n) is 8.36. The fourth-order valence-electron chi connectivity index (χ4n) is 3.28. The maximum absolute atomic E-state index is 12.3. The molecule has 0 aliphatic heterocycles. The Morgan fingerprint density at radius 2 is 1.96 bits per heavy atom. The third kappa shape index (κ3) is 2.96. The van der Waals surface area contributed by atoms with Crippen molar-refractivity contribution < 1.29 is 4.79 Å². The van der Waals surface area contributed by atoms with Gasteiger partial charge in [0.2, 0.25) is 11.9 Å². The van der Waals surface area contributed by atoms with Gasteiger partial charge in [-0.15, -0.1) is 0 Å². The molecule has 0 spiro atoms. The number of carbonyl (C=O) groups excluding carboxylic acids is 1. The van der Waals surface area contributed by atoms with E-state index < -0.39 is 0 Å². The molecule has 2 aliphatic carbocycles. The van der Waals surface area contributed by atoms with Gasteiger partial charge in [-0.05, 0) is 57.1 Å². The number of amides is 1. The van der Waals surface area contributed by atoms with Crippen LogP contribution >= 0.6 is 0 Å². The van der Waals surface area contributed by atoms with Crippen LogP contribution in [0.3, 0.4) is 0 Å². The van der Waals surface area contributed by atoms with E-state index in [0.29, 0.717) is 24.3 Å². The molecule has 0 atom stereocenters. The van der Waals surface area contributed by atoms with Crippen molar-refractivity contribution in [3.05, 3.63) is 17.8 Å². The zero-order chi connectivity index (χ0) is 15.1. The van der Waals surface area contributed by atoms with Crippen molar-refractivity contribution >= 4 is 23.0 Å². The standard InChI is InChI=1S/C17H22N4O.CH4/c1-11-8-9-14-16(18-11)21(13-6-3-7-13)17(19-14)20-15(22)10-12-4-2-5-12;/h8-9,12-13H,2-7,10H2,1H3,(H,19,20,22);1H4. The quantitative estimate of drug-likeness (QED) is 0.918. The van der Waals surface area contributed by atoms with Crippen LogP contribution in [-0.2, 0) is 4.79 Å². The van der Waals surface area contributed by atoms with E-state index in [4.69, 9.17) is 0 Å². The second kappa shape index (κ2) is 6.30. The summed E-state index contributed by atoms with van der Waals surface area (Å²) in [5.74, 6) is 1.35. The van der Waals surface area contributed by atoms with E-state index in [1.807, 2.05) is 19.1 Å². The monoisotopic (exact) mass is 314 g/mol. The number of pyridine rings is 1. The van der Waals surface area contributed by atoms with Gasteiger partial charge in [0.15, 0.2) is 5.65 Å². The van der Waals surface area contributed by atoms with E-state index in [1.54, 1.807) is 0 Å². The topological polar surface area (TPSA) is 59.8 Å². The molecular formula is C18H26N4O. The van der Waals surface area contributed by atoms with Crippen molar-refractivity contribution in [2.75, 3.05) is 5.32 Å². The van der Waals surface area contributed by atoms with E-state index in [9.17, 15) is 4.79 Å². The lowest BCUT2D eigenvalue weighted by atomic mass is 9.83. The summed E-state index contributed by atoms with van der Waals surface area (Å²) in [6, 6.07) is 4.40. The van der Waals surface area contributed by atoms with Crippen LogP contribution < -0.4 is 5.32 Å². The normalized spacial score (nSPS) is 18.1. The molecule has 0 aromatic carbocycles.